The van der Waals surface area contributed by atoms with Crippen LogP contribution in [0.2, 0.25) is 0 Å². The average molecular weight is 677 g/mol. The Hall–Kier alpha value is -3.27. The molecule has 0 aromatic carbocycles. The summed E-state index contributed by atoms with van der Waals surface area (Å²) in [5.74, 6) is -1.71. The zero-order chi connectivity index (χ0) is 34.2. The normalized spacial score (nSPS) is 27.5. The molecule has 0 unspecified atom stereocenters. The first-order valence-corrected chi connectivity index (χ1v) is 15.2. The predicted molar refractivity (Wildman–Crippen MR) is 155 cm³/mol. The minimum absolute atomic E-state index is 0.00331. The zero-order valence-electron chi connectivity index (χ0n) is 26.3. The predicted octanol–water partition coefficient (Wildman–Crippen LogP) is 0.102. The highest BCUT2D eigenvalue weighted by atomic mass is 32.2. The summed E-state index contributed by atoms with van der Waals surface area (Å²) in [7, 11) is 0. The Morgan fingerprint density at radius 3 is 1.87 bits per heavy atom. The van der Waals surface area contributed by atoms with Crippen molar-refractivity contribution in [2.24, 2.45) is 0 Å². The van der Waals surface area contributed by atoms with Crippen LogP contribution in [0, 0.1) is 12.3 Å². The molecule has 2 aliphatic rings. The molecule has 16 nitrogen and oxygen atoms in total. The van der Waals surface area contributed by atoms with Crippen LogP contribution in [0.15, 0.2) is 0 Å². The van der Waals surface area contributed by atoms with Gasteiger partial charge < -0.3 is 47.4 Å². The molecule has 2 heterocycles. The molecule has 0 aromatic heterocycles. The highest BCUT2D eigenvalue weighted by molar-refractivity contribution is 8.00. The summed E-state index contributed by atoms with van der Waals surface area (Å²) < 4.78 is 54.7. The maximum atomic E-state index is 13.1. The Balaban J connectivity index is 2.27. The number of carbonyl (C=O) groups excluding carboxylic acids is 6. The van der Waals surface area contributed by atoms with Crippen molar-refractivity contribution in [2.45, 2.75) is 88.5 Å². The van der Waals surface area contributed by atoms with Crippen molar-refractivity contribution in [3.05, 3.63) is 0 Å². The summed E-state index contributed by atoms with van der Waals surface area (Å²) in [6, 6.07) is 0. The van der Waals surface area contributed by atoms with Crippen molar-refractivity contribution < 1.29 is 76.1 Å². The lowest BCUT2D eigenvalue weighted by atomic mass is 9.99. The number of thioether (sulfide) groups is 1. The highest BCUT2D eigenvalue weighted by Crippen LogP contribution is 2.39. The van der Waals surface area contributed by atoms with E-state index in [4.69, 9.17) is 53.8 Å². The first-order valence-electron chi connectivity index (χ1n) is 14.3. The van der Waals surface area contributed by atoms with Crippen molar-refractivity contribution >= 4 is 47.4 Å². The maximum absolute atomic E-state index is 13.1. The summed E-state index contributed by atoms with van der Waals surface area (Å²) in [6.45, 7) is 5.84. The molecule has 2 saturated heterocycles. The van der Waals surface area contributed by atoms with Crippen molar-refractivity contribution in [1.82, 2.24) is 0 Å². The van der Waals surface area contributed by atoms with Crippen LogP contribution >= 0.6 is 11.8 Å². The second kappa shape index (κ2) is 20.1. The number of rotatable bonds is 17. The first kappa shape index (κ1) is 38.9. The number of hydrogen-bond donors (Lipinski definition) is 0. The van der Waals surface area contributed by atoms with Gasteiger partial charge >= 0.3 is 29.8 Å². The first-order chi connectivity index (χ1) is 21.8. The third-order valence-electron chi connectivity index (χ3n) is 6.14. The Labute approximate surface area is 270 Å². The number of terminal acetylenes is 1. The molecule has 17 heteroatoms. The van der Waals surface area contributed by atoms with Gasteiger partial charge in [-0.2, -0.15) is 0 Å². The van der Waals surface area contributed by atoms with Gasteiger partial charge in [0.05, 0.1) is 26.4 Å². The van der Waals surface area contributed by atoms with E-state index in [0.29, 0.717) is 0 Å². The topological polar surface area (TPSA) is 195 Å². The lowest BCUT2D eigenvalue weighted by Crippen LogP contribution is -2.62. The molecular formula is C29H40O16S. The molecule has 0 aromatic rings. The molecule has 0 bridgehead atoms. The second-order valence-corrected chi connectivity index (χ2v) is 11.3. The zero-order valence-corrected chi connectivity index (χ0v) is 27.1. The van der Waals surface area contributed by atoms with Crippen LogP contribution in [0.5, 0.6) is 0 Å². The highest BCUT2D eigenvalue weighted by Gasteiger charge is 2.54. The smallest absolute Gasteiger partial charge is 0.303 e. The Morgan fingerprint density at radius 2 is 1.28 bits per heavy atom. The monoisotopic (exact) mass is 676 g/mol. The van der Waals surface area contributed by atoms with Crippen molar-refractivity contribution in [2.75, 3.05) is 46.2 Å². The summed E-state index contributed by atoms with van der Waals surface area (Å²) in [4.78, 5) is 72.6. The van der Waals surface area contributed by atoms with E-state index in [1.165, 1.54) is 6.92 Å². The number of carbonyl (C=O) groups is 6. The minimum Gasteiger partial charge on any atom is -0.463 e. The molecule has 0 spiro atoms. The molecular weight excluding hydrogens is 636 g/mol. The Kier molecular flexibility index (Phi) is 17.0. The van der Waals surface area contributed by atoms with E-state index in [-0.39, 0.29) is 46.1 Å². The molecule has 2 aliphatic heterocycles. The number of esters is 5. The molecule has 8 atom stereocenters. The van der Waals surface area contributed by atoms with Gasteiger partial charge in [0.1, 0.15) is 37.5 Å². The Morgan fingerprint density at radius 1 is 0.739 bits per heavy atom. The van der Waals surface area contributed by atoms with Gasteiger partial charge in [-0.15, -0.1) is 18.2 Å². The van der Waals surface area contributed by atoms with E-state index in [1.807, 2.05) is 0 Å². The lowest BCUT2D eigenvalue weighted by Gasteiger charge is -2.45. The van der Waals surface area contributed by atoms with Gasteiger partial charge in [-0.1, -0.05) is 5.92 Å². The van der Waals surface area contributed by atoms with Gasteiger partial charge in [0, 0.05) is 46.3 Å². The number of ketones is 1. The van der Waals surface area contributed by atoms with Crippen LogP contribution < -0.4 is 0 Å². The van der Waals surface area contributed by atoms with Crippen LogP contribution in [0.25, 0.3) is 0 Å². The second-order valence-electron chi connectivity index (χ2n) is 9.96. The summed E-state index contributed by atoms with van der Waals surface area (Å²) in [5.41, 5.74) is -1.18. The average Bonchev–Trinajstić information content (AvgIpc) is 2.96. The molecule has 258 valence electrons. The molecule has 0 aliphatic carbocycles. The summed E-state index contributed by atoms with van der Waals surface area (Å²) in [5, 5.41) is -0.767. The van der Waals surface area contributed by atoms with Gasteiger partial charge in [0.2, 0.25) is 6.29 Å². The fraction of sp³-hybridized carbons (Fsp3) is 0.724. The number of hydrogen-bond acceptors (Lipinski definition) is 17. The fourth-order valence-corrected chi connectivity index (χ4v) is 5.89. The molecule has 0 amide bonds. The van der Waals surface area contributed by atoms with E-state index in [0.717, 1.165) is 39.5 Å². The van der Waals surface area contributed by atoms with E-state index < -0.39 is 89.7 Å². The minimum atomic E-state index is -1.39. The standard InChI is InChI=1S/C29H40O16S/c1-7-8-36-9-10-37-11-12-38-28-21(35)13-24(22(44-28)14-39-16(2)30)46-29-27(43-20(6)34)26(42-19(5)33)25(41-18(4)32)23(45-29)15-40-17(3)31/h1,22-29H,8-15H2,2-6H3/t22-,23-,24-,25+,26+,27-,28+,29+/m1/s1. The van der Waals surface area contributed by atoms with Crippen LogP contribution in [0.3, 0.4) is 0 Å². The summed E-state index contributed by atoms with van der Waals surface area (Å²) >= 11 is 0.971. The quantitative estimate of drug-likeness (QED) is 0.0870. The van der Waals surface area contributed by atoms with Gasteiger partial charge in [-0.05, 0) is 0 Å². The molecule has 0 N–H and O–H groups in total. The molecule has 0 radical (unpaired) electrons. The molecule has 46 heavy (non-hydrogen) atoms. The number of ether oxygens (including phenoxy) is 10. The van der Waals surface area contributed by atoms with Crippen molar-refractivity contribution in [3.8, 4) is 12.3 Å². The van der Waals surface area contributed by atoms with Gasteiger partial charge in [0.15, 0.2) is 24.1 Å². The SMILES string of the molecule is C#CCOCCOCCO[C@H]1O[C@H](COC(C)=O)[C@H](S[C@@H]2O[C@H](COC(C)=O)[C@H](OC(C)=O)[C@H](OC(C)=O)[C@H]2OC(C)=O)CC1=O. The van der Waals surface area contributed by atoms with E-state index in [9.17, 15) is 28.8 Å². The van der Waals surface area contributed by atoms with Crippen molar-refractivity contribution in [3.63, 3.8) is 0 Å². The molecule has 0 saturated carbocycles. The fourth-order valence-electron chi connectivity index (χ4n) is 4.40. The van der Waals surface area contributed by atoms with Crippen molar-refractivity contribution in [1.29, 1.82) is 0 Å². The molecule has 2 rings (SSSR count). The van der Waals surface area contributed by atoms with Gasteiger partial charge in [-0.3, -0.25) is 28.8 Å². The number of Topliss-reactive ketones (excluding diaryl/α,β-unsaturated/α-hetero) is 1. The van der Waals surface area contributed by atoms with Crippen LogP contribution in [0.4, 0.5) is 0 Å². The Bertz CT molecular complexity index is 1110. The molecule has 2 fully saturated rings. The van der Waals surface area contributed by atoms with E-state index in [2.05, 4.69) is 5.92 Å². The van der Waals surface area contributed by atoms with Crippen LogP contribution in [-0.2, 0) is 76.1 Å². The lowest BCUT2D eigenvalue weighted by molar-refractivity contribution is -0.237. The maximum Gasteiger partial charge on any atom is 0.303 e. The third kappa shape index (κ3) is 13.6. The van der Waals surface area contributed by atoms with Gasteiger partial charge in [0.25, 0.3) is 0 Å². The van der Waals surface area contributed by atoms with E-state index >= 15 is 0 Å². The largest absolute Gasteiger partial charge is 0.463 e. The van der Waals surface area contributed by atoms with E-state index in [1.54, 1.807) is 0 Å². The van der Waals surface area contributed by atoms with Crippen LogP contribution in [-0.4, -0.2) is 129 Å². The summed E-state index contributed by atoms with van der Waals surface area (Å²) in [6.07, 6.45) is -2.53. The van der Waals surface area contributed by atoms with Crippen LogP contribution in [0.1, 0.15) is 41.0 Å². The third-order valence-corrected chi connectivity index (χ3v) is 7.61. The van der Waals surface area contributed by atoms with Gasteiger partial charge in [-0.25, -0.2) is 0 Å².